The summed E-state index contributed by atoms with van der Waals surface area (Å²) in [5.41, 5.74) is -0.241. The van der Waals surface area contributed by atoms with E-state index in [0.29, 0.717) is 0 Å². The second-order valence-electron chi connectivity index (χ2n) is 5.40. The zero-order valence-corrected chi connectivity index (χ0v) is 14.8. The van der Waals surface area contributed by atoms with Crippen LogP contribution >= 0.6 is 0 Å². The monoisotopic (exact) mass is 322 g/mol. The summed E-state index contributed by atoms with van der Waals surface area (Å²) in [6, 6.07) is 0. The van der Waals surface area contributed by atoms with Gasteiger partial charge in [-0.25, -0.2) is 0 Å². The van der Waals surface area contributed by atoms with E-state index in [9.17, 15) is 0 Å². The first-order valence-corrected chi connectivity index (χ1v) is 16.3. The van der Waals surface area contributed by atoms with Crippen LogP contribution in [0.15, 0.2) is 43.0 Å². The molecule has 0 nitrogen and oxygen atoms in total. The van der Waals surface area contributed by atoms with Gasteiger partial charge in [0.1, 0.15) is 0 Å². The van der Waals surface area contributed by atoms with Crippen LogP contribution in [0, 0.1) is 0 Å². The minimum atomic E-state index is -2.36. The van der Waals surface area contributed by atoms with E-state index >= 15 is 0 Å². The number of hydrogen-bond acceptors (Lipinski definition) is 0. The van der Waals surface area contributed by atoms with Crippen molar-refractivity contribution in [1.82, 2.24) is 0 Å². The van der Waals surface area contributed by atoms with Crippen molar-refractivity contribution < 1.29 is 21.3 Å². The van der Waals surface area contributed by atoms with Crippen molar-refractivity contribution in [2.75, 3.05) is 0 Å². The zero-order valence-electron chi connectivity index (χ0n) is 13.4. The molecule has 0 atom stereocenters. The second-order valence-corrected chi connectivity index (χ2v) is 28.5. The Morgan fingerprint density at radius 1 is 1.06 bits per heavy atom. The molecule has 2 aliphatic rings. The maximum atomic E-state index is 2.55. The summed E-state index contributed by atoms with van der Waals surface area (Å²) in [6.45, 7) is 9.91. The number of allylic oxidation sites excluding steroid dienone is 8. The molecule has 0 saturated heterocycles. The Morgan fingerprint density at radius 3 is 1.76 bits per heavy atom. The summed E-state index contributed by atoms with van der Waals surface area (Å²) in [7, 11) is 0. The van der Waals surface area contributed by atoms with Gasteiger partial charge in [-0.2, -0.15) is 0 Å². The van der Waals surface area contributed by atoms with Gasteiger partial charge in [0, 0.05) is 0 Å². The third-order valence-electron chi connectivity index (χ3n) is 4.01. The standard InChI is InChI=1S/2C5H5.C3H6.C2H6Si.Zr.2H/c2*1-2-4-5-3-1;2*1-3-2;;;/h2*1-3H,4H2;2*1-2H3;;;/q;;;;+2;2*-1. The van der Waals surface area contributed by atoms with Crippen molar-refractivity contribution in [3.8, 4) is 0 Å². The molecule has 0 fully saturated rings. The zero-order chi connectivity index (χ0) is 12.5. The van der Waals surface area contributed by atoms with Crippen molar-refractivity contribution in [2.24, 2.45) is 0 Å². The molecule has 0 amide bonds. The van der Waals surface area contributed by atoms with Crippen LogP contribution in [0.3, 0.4) is 0 Å². The molecular weight excluding hydrogens is 299 g/mol. The minimum Gasteiger partial charge on any atom is -1.00 e. The molecule has 2 aliphatic carbocycles. The maximum absolute atomic E-state index is 2.55. The molecule has 0 radical (unpaired) electrons. The Kier molecular flexibility index (Phi) is 4.15. The van der Waals surface area contributed by atoms with E-state index in [1.807, 2.05) is 6.56 Å². The minimum absolute atomic E-state index is 0. The van der Waals surface area contributed by atoms with Gasteiger partial charge >= 0.3 is 110 Å². The van der Waals surface area contributed by atoms with E-state index in [-0.39, 0.29) is 8.29 Å². The molecule has 0 N–H and O–H groups in total. The topological polar surface area (TPSA) is 0 Å². The van der Waals surface area contributed by atoms with Gasteiger partial charge < -0.3 is 2.85 Å². The first-order valence-electron chi connectivity index (χ1n) is 6.43. The fraction of sp³-hybridized carbons (Fsp3) is 0.400. The molecule has 2 rings (SSSR count). The largest absolute Gasteiger partial charge is 1.00 e. The first-order chi connectivity index (χ1) is 8.10. The SMILES string of the molecule is C[C](C)=[Zr+2]([C]1=CC=CC1)([C]1=CC=CC1)=[Si](C)C.[H-].[H-]. The Hall–Kier alpha value is -0.0700. The van der Waals surface area contributed by atoms with Gasteiger partial charge in [0.25, 0.3) is 0 Å². The molecule has 0 aliphatic heterocycles. The molecule has 0 spiro atoms. The molecule has 92 valence electrons. The Morgan fingerprint density at radius 2 is 1.53 bits per heavy atom. The second kappa shape index (κ2) is 5.28. The Bertz CT molecular complexity index is 519. The van der Waals surface area contributed by atoms with Gasteiger partial charge in [-0.05, 0) is 0 Å². The van der Waals surface area contributed by atoms with E-state index < -0.39 is 18.4 Å². The van der Waals surface area contributed by atoms with Crippen LogP contribution in [0.1, 0.15) is 29.5 Å². The summed E-state index contributed by atoms with van der Waals surface area (Å²) >= 11 is -2.36. The normalized spacial score (nSPS) is 16.5. The van der Waals surface area contributed by atoms with Crippen molar-refractivity contribution >= 4 is 8.64 Å². The third-order valence-corrected chi connectivity index (χ3v) is 33.6. The molecule has 0 aromatic heterocycles. The van der Waals surface area contributed by atoms with Gasteiger partial charge in [0.2, 0.25) is 0 Å². The average Bonchev–Trinajstić information content (AvgIpc) is 2.88. The Balaban J connectivity index is 0.00000162. The quantitative estimate of drug-likeness (QED) is 0.656. The van der Waals surface area contributed by atoms with Gasteiger partial charge in [0.05, 0.1) is 0 Å². The molecule has 0 bridgehead atoms. The molecule has 0 saturated carbocycles. The van der Waals surface area contributed by atoms with Crippen LogP contribution in [-0.4, -0.2) is 8.64 Å². The molecule has 0 heterocycles. The van der Waals surface area contributed by atoms with Crippen molar-refractivity contribution in [2.45, 2.75) is 39.8 Å². The molecule has 0 aromatic rings. The summed E-state index contributed by atoms with van der Waals surface area (Å²) in [6.07, 6.45) is 16.6. The molecular formula is C15H24SiZr. The fourth-order valence-electron chi connectivity index (χ4n) is 3.44. The summed E-state index contributed by atoms with van der Waals surface area (Å²) in [5, 5.41) is 0. The van der Waals surface area contributed by atoms with Crippen LogP contribution in [0.4, 0.5) is 0 Å². The van der Waals surface area contributed by atoms with Crippen molar-refractivity contribution in [3.63, 3.8) is 0 Å². The van der Waals surface area contributed by atoms with Crippen LogP contribution in [0.25, 0.3) is 0 Å². The van der Waals surface area contributed by atoms with E-state index in [4.69, 9.17) is 0 Å². The smallest absolute Gasteiger partial charge is 1.00 e. The molecule has 17 heavy (non-hydrogen) atoms. The molecule has 0 unspecified atom stereocenters. The molecule has 0 aromatic carbocycles. The van der Waals surface area contributed by atoms with E-state index in [2.05, 4.69) is 63.4 Å². The maximum Gasteiger partial charge on any atom is -1.00 e. The van der Waals surface area contributed by atoms with Gasteiger partial charge in [-0.1, -0.05) is 0 Å². The van der Waals surface area contributed by atoms with Crippen LogP contribution < -0.4 is 0 Å². The first kappa shape index (κ1) is 13.4. The average molecular weight is 324 g/mol. The van der Waals surface area contributed by atoms with Crippen molar-refractivity contribution in [1.29, 1.82) is 0 Å². The fourth-order valence-corrected chi connectivity index (χ4v) is 32.7. The van der Waals surface area contributed by atoms with E-state index in [0.717, 1.165) is 0 Å². The summed E-state index contributed by atoms with van der Waals surface area (Å²) in [5.74, 6) is 0. The summed E-state index contributed by atoms with van der Waals surface area (Å²) in [4.78, 5) is 0. The van der Waals surface area contributed by atoms with Gasteiger partial charge in [-0.3, -0.25) is 0 Å². The van der Waals surface area contributed by atoms with E-state index in [1.165, 1.54) is 12.8 Å². The molecule has 2 heteroatoms. The predicted molar refractivity (Wildman–Crippen MR) is 79.7 cm³/mol. The number of hydrogen-bond donors (Lipinski definition) is 0. The number of rotatable bonds is 2. The van der Waals surface area contributed by atoms with Crippen molar-refractivity contribution in [3.05, 3.63) is 43.0 Å². The van der Waals surface area contributed by atoms with Crippen LogP contribution in [0.2, 0.25) is 13.1 Å². The Labute approximate surface area is 112 Å². The van der Waals surface area contributed by atoms with E-state index in [1.54, 1.807) is 3.21 Å². The van der Waals surface area contributed by atoms with Crippen LogP contribution in [-0.2, 0) is 18.4 Å². The third kappa shape index (κ3) is 2.15. The van der Waals surface area contributed by atoms with Gasteiger partial charge in [-0.15, -0.1) is 0 Å². The predicted octanol–water partition coefficient (Wildman–Crippen LogP) is 4.52. The van der Waals surface area contributed by atoms with Gasteiger partial charge in [0.15, 0.2) is 0 Å². The summed E-state index contributed by atoms with van der Waals surface area (Å²) < 4.78 is 5.43. The van der Waals surface area contributed by atoms with Crippen LogP contribution in [0.5, 0.6) is 0 Å².